The molecular weight excluding hydrogens is 317 g/mol. The van der Waals surface area contributed by atoms with Crippen molar-refractivity contribution in [3.63, 3.8) is 0 Å². The molecule has 7 heteroatoms. The van der Waals surface area contributed by atoms with Gasteiger partial charge in [-0.05, 0) is 12.1 Å². The van der Waals surface area contributed by atoms with E-state index in [1.807, 2.05) is 0 Å². The summed E-state index contributed by atoms with van der Waals surface area (Å²) in [6.45, 7) is 0. The third-order valence-corrected chi connectivity index (χ3v) is 4.52. The molecule has 0 spiro atoms. The van der Waals surface area contributed by atoms with Crippen molar-refractivity contribution in [2.24, 2.45) is 11.8 Å². The zero-order valence-corrected chi connectivity index (χ0v) is 12.1. The molecule has 2 bridgehead atoms. The van der Waals surface area contributed by atoms with Gasteiger partial charge in [0.2, 0.25) is 5.91 Å². The van der Waals surface area contributed by atoms with E-state index in [9.17, 15) is 14.7 Å². The second kappa shape index (κ2) is 5.33. The molecule has 1 fully saturated rings. The number of ether oxygens (including phenoxy) is 1. The molecule has 110 valence electrons. The summed E-state index contributed by atoms with van der Waals surface area (Å²) in [5.41, 5.74) is 0.352. The molecule has 1 aromatic rings. The minimum atomic E-state index is -1.05. The van der Waals surface area contributed by atoms with Gasteiger partial charge in [0.25, 0.3) is 0 Å². The van der Waals surface area contributed by atoms with Gasteiger partial charge in [0.05, 0.1) is 33.9 Å². The Morgan fingerprint density at radius 2 is 1.81 bits per heavy atom. The molecule has 1 aromatic carbocycles. The number of carboxylic acids is 1. The standard InChI is InChI=1S/C14H11Cl2NO4/c15-6-2-1-3-7(12(6)16)17-13(18)10-8-4-5-9(21-8)11(10)14(19)20/h1-5,8-11H,(H,17,18)(H,19,20). The number of hydrogen-bond donors (Lipinski definition) is 2. The first-order valence-corrected chi connectivity index (χ1v) is 7.06. The van der Waals surface area contributed by atoms with Crippen molar-refractivity contribution >= 4 is 40.8 Å². The van der Waals surface area contributed by atoms with E-state index in [4.69, 9.17) is 27.9 Å². The Morgan fingerprint density at radius 3 is 2.48 bits per heavy atom. The number of carbonyl (C=O) groups is 2. The number of carboxylic acid groups (broad SMARTS) is 1. The topological polar surface area (TPSA) is 75.6 Å². The Bertz CT molecular complexity index is 646. The lowest BCUT2D eigenvalue weighted by Crippen LogP contribution is -2.39. The fraction of sp³-hybridized carbons (Fsp3) is 0.286. The molecule has 1 saturated heterocycles. The van der Waals surface area contributed by atoms with E-state index in [1.165, 1.54) is 0 Å². The summed E-state index contributed by atoms with van der Waals surface area (Å²) in [6, 6.07) is 4.85. The number of halogens is 2. The number of rotatable bonds is 3. The largest absolute Gasteiger partial charge is 0.481 e. The predicted octanol–water partition coefficient (Wildman–Crippen LogP) is 2.59. The lowest BCUT2D eigenvalue weighted by Gasteiger charge is -2.21. The summed E-state index contributed by atoms with van der Waals surface area (Å²) in [6.07, 6.45) is 2.32. The number of nitrogens with one attached hydrogen (secondary N) is 1. The number of aliphatic carboxylic acids is 1. The summed E-state index contributed by atoms with van der Waals surface area (Å²) in [5, 5.41) is 12.4. The Balaban J connectivity index is 1.84. The highest BCUT2D eigenvalue weighted by Crippen LogP contribution is 2.40. The molecule has 5 nitrogen and oxygen atoms in total. The molecule has 4 atom stereocenters. The van der Waals surface area contributed by atoms with Crippen molar-refractivity contribution in [1.29, 1.82) is 0 Å². The second-order valence-electron chi connectivity index (χ2n) is 4.93. The van der Waals surface area contributed by atoms with Crippen LogP contribution in [-0.2, 0) is 14.3 Å². The van der Waals surface area contributed by atoms with E-state index in [1.54, 1.807) is 30.4 Å². The van der Waals surface area contributed by atoms with Crippen LogP contribution in [-0.4, -0.2) is 29.2 Å². The maximum atomic E-state index is 12.4. The third-order valence-electron chi connectivity index (χ3n) is 3.70. The lowest BCUT2D eigenvalue weighted by atomic mass is 9.82. The Labute approximate surface area is 130 Å². The molecule has 4 unspecified atom stereocenters. The Hall–Kier alpha value is -1.56. The van der Waals surface area contributed by atoms with E-state index in [0.717, 1.165) is 0 Å². The zero-order chi connectivity index (χ0) is 15.1. The average molecular weight is 328 g/mol. The summed E-state index contributed by atoms with van der Waals surface area (Å²) in [5.74, 6) is -3.17. The first-order chi connectivity index (χ1) is 9.99. The van der Waals surface area contributed by atoms with Crippen LogP contribution in [0.2, 0.25) is 10.0 Å². The van der Waals surface area contributed by atoms with Gasteiger partial charge in [0.1, 0.15) is 5.92 Å². The molecule has 2 heterocycles. The SMILES string of the molecule is O=C(O)C1C2C=CC(O2)C1C(=O)Nc1cccc(Cl)c1Cl. The molecule has 0 radical (unpaired) electrons. The van der Waals surface area contributed by atoms with E-state index < -0.39 is 35.9 Å². The molecule has 0 aliphatic carbocycles. The maximum Gasteiger partial charge on any atom is 0.310 e. The molecule has 2 aliphatic rings. The van der Waals surface area contributed by atoms with Crippen LogP contribution < -0.4 is 5.32 Å². The predicted molar refractivity (Wildman–Crippen MR) is 77.5 cm³/mol. The number of amides is 1. The van der Waals surface area contributed by atoms with Crippen molar-refractivity contribution in [1.82, 2.24) is 0 Å². The highest BCUT2D eigenvalue weighted by atomic mass is 35.5. The van der Waals surface area contributed by atoms with Gasteiger partial charge in [-0.25, -0.2) is 0 Å². The molecule has 1 amide bonds. The number of anilines is 1. The van der Waals surface area contributed by atoms with Gasteiger partial charge in [-0.2, -0.15) is 0 Å². The summed E-state index contributed by atoms with van der Waals surface area (Å²) in [4.78, 5) is 23.7. The number of benzene rings is 1. The van der Waals surface area contributed by atoms with E-state index in [-0.39, 0.29) is 5.02 Å². The van der Waals surface area contributed by atoms with Gasteiger partial charge in [-0.15, -0.1) is 0 Å². The molecule has 2 aliphatic heterocycles. The normalized spacial score (nSPS) is 29.6. The van der Waals surface area contributed by atoms with Crippen LogP contribution in [0.1, 0.15) is 0 Å². The smallest absolute Gasteiger partial charge is 0.310 e. The van der Waals surface area contributed by atoms with Gasteiger partial charge in [-0.1, -0.05) is 41.4 Å². The highest BCUT2D eigenvalue weighted by Gasteiger charge is 2.53. The molecule has 3 rings (SSSR count). The van der Waals surface area contributed by atoms with Crippen molar-refractivity contribution in [2.75, 3.05) is 5.32 Å². The maximum absolute atomic E-state index is 12.4. The van der Waals surface area contributed by atoms with Crippen LogP contribution in [0.15, 0.2) is 30.4 Å². The minimum absolute atomic E-state index is 0.221. The Kier molecular flexibility index (Phi) is 3.65. The van der Waals surface area contributed by atoms with Crippen LogP contribution in [0.4, 0.5) is 5.69 Å². The van der Waals surface area contributed by atoms with Gasteiger partial charge >= 0.3 is 5.97 Å². The van der Waals surface area contributed by atoms with Gasteiger partial charge in [0, 0.05) is 0 Å². The van der Waals surface area contributed by atoms with Crippen molar-refractivity contribution in [2.45, 2.75) is 12.2 Å². The summed E-state index contributed by atoms with van der Waals surface area (Å²) in [7, 11) is 0. The van der Waals surface area contributed by atoms with Gasteiger partial charge in [0.15, 0.2) is 0 Å². The quantitative estimate of drug-likeness (QED) is 0.836. The van der Waals surface area contributed by atoms with E-state index in [2.05, 4.69) is 5.32 Å². The highest BCUT2D eigenvalue weighted by molar-refractivity contribution is 6.44. The monoisotopic (exact) mass is 327 g/mol. The molecule has 2 N–H and O–H groups in total. The van der Waals surface area contributed by atoms with Crippen LogP contribution in [0.25, 0.3) is 0 Å². The van der Waals surface area contributed by atoms with Crippen molar-refractivity contribution < 1.29 is 19.4 Å². The van der Waals surface area contributed by atoms with Crippen LogP contribution >= 0.6 is 23.2 Å². The second-order valence-corrected chi connectivity index (χ2v) is 5.72. The van der Waals surface area contributed by atoms with Crippen LogP contribution in [0.5, 0.6) is 0 Å². The summed E-state index contributed by atoms with van der Waals surface area (Å²) < 4.78 is 5.46. The van der Waals surface area contributed by atoms with Crippen LogP contribution in [0.3, 0.4) is 0 Å². The fourth-order valence-corrected chi connectivity index (χ4v) is 3.08. The average Bonchev–Trinajstić information content (AvgIpc) is 3.04. The number of carbonyl (C=O) groups excluding carboxylic acids is 1. The zero-order valence-electron chi connectivity index (χ0n) is 10.6. The van der Waals surface area contributed by atoms with E-state index >= 15 is 0 Å². The first-order valence-electron chi connectivity index (χ1n) is 6.30. The van der Waals surface area contributed by atoms with Crippen molar-refractivity contribution in [3.8, 4) is 0 Å². The van der Waals surface area contributed by atoms with E-state index in [0.29, 0.717) is 10.7 Å². The minimum Gasteiger partial charge on any atom is -0.481 e. The van der Waals surface area contributed by atoms with Gasteiger partial charge < -0.3 is 15.2 Å². The Morgan fingerprint density at radius 1 is 1.14 bits per heavy atom. The van der Waals surface area contributed by atoms with Crippen molar-refractivity contribution in [3.05, 3.63) is 40.4 Å². The lowest BCUT2D eigenvalue weighted by molar-refractivity contribution is -0.145. The van der Waals surface area contributed by atoms with Gasteiger partial charge in [-0.3, -0.25) is 9.59 Å². The third kappa shape index (κ3) is 2.41. The molecular formula is C14H11Cl2NO4. The fourth-order valence-electron chi connectivity index (χ4n) is 2.73. The first kappa shape index (κ1) is 14.4. The summed E-state index contributed by atoms with van der Waals surface area (Å²) >= 11 is 11.9. The van der Waals surface area contributed by atoms with Crippen LogP contribution in [0, 0.1) is 11.8 Å². The molecule has 21 heavy (non-hydrogen) atoms. The molecule has 0 saturated carbocycles. The molecule has 0 aromatic heterocycles. The number of hydrogen-bond acceptors (Lipinski definition) is 3. The number of fused-ring (bicyclic) bond motifs is 2.